The molecule has 7 heteroatoms. The third-order valence-electron chi connectivity index (χ3n) is 2.49. The highest BCUT2D eigenvalue weighted by Crippen LogP contribution is 2.26. The van der Waals surface area contributed by atoms with Crippen LogP contribution in [0.1, 0.15) is 5.82 Å². The van der Waals surface area contributed by atoms with Crippen molar-refractivity contribution in [2.75, 3.05) is 0 Å². The van der Waals surface area contributed by atoms with Crippen LogP contribution < -0.4 is 4.74 Å². The SMILES string of the molecule is Fc1ccc(OCc2noc(-c3ccsc3)n2)c(Cl)c1. The molecule has 3 rings (SSSR count). The molecule has 0 N–H and O–H groups in total. The van der Waals surface area contributed by atoms with Gasteiger partial charge in [0, 0.05) is 5.38 Å². The van der Waals surface area contributed by atoms with E-state index in [9.17, 15) is 4.39 Å². The number of hydrogen-bond acceptors (Lipinski definition) is 5. The van der Waals surface area contributed by atoms with E-state index in [1.54, 1.807) is 11.3 Å². The lowest BCUT2D eigenvalue weighted by Crippen LogP contribution is -1.98. The molecule has 2 aromatic heterocycles. The first-order valence-corrected chi connectivity index (χ1v) is 6.97. The van der Waals surface area contributed by atoms with Gasteiger partial charge in [0.15, 0.2) is 6.61 Å². The zero-order chi connectivity index (χ0) is 13.9. The zero-order valence-electron chi connectivity index (χ0n) is 10.0. The smallest absolute Gasteiger partial charge is 0.258 e. The Labute approximate surface area is 122 Å². The largest absolute Gasteiger partial charge is 0.484 e. The van der Waals surface area contributed by atoms with Crippen LogP contribution in [0, 0.1) is 5.82 Å². The highest BCUT2D eigenvalue weighted by Gasteiger charge is 2.10. The van der Waals surface area contributed by atoms with Crippen LogP contribution in [0.5, 0.6) is 5.75 Å². The number of nitrogens with zero attached hydrogens (tertiary/aromatic N) is 2. The average molecular weight is 311 g/mol. The molecule has 0 saturated carbocycles. The number of ether oxygens (including phenoxy) is 1. The molecule has 1 aromatic carbocycles. The second-order valence-corrected chi connectivity index (χ2v) is 5.08. The Hall–Kier alpha value is -1.92. The molecule has 0 atom stereocenters. The summed E-state index contributed by atoms with van der Waals surface area (Å²) in [4.78, 5) is 4.20. The van der Waals surface area contributed by atoms with Crippen LogP contribution in [0.25, 0.3) is 11.5 Å². The van der Waals surface area contributed by atoms with E-state index in [0.29, 0.717) is 17.5 Å². The van der Waals surface area contributed by atoms with Gasteiger partial charge in [-0.15, -0.1) is 0 Å². The molecule has 102 valence electrons. The molecule has 0 aliphatic heterocycles. The van der Waals surface area contributed by atoms with Gasteiger partial charge < -0.3 is 9.26 Å². The van der Waals surface area contributed by atoms with Crippen LogP contribution >= 0.6 is 22.9 Å². The maximum atomic E-state index is 12.9. The highest BCUT2D eigenvalue weighted by atomic mass is 35.5. The molecule has 0 fully saturated rings. The van der Waals surface area contributed by atoms with Crippen LogP contribution in [-0.2, 0) is 6.61 Å². The maximum Gasteiger partial charge on any atom is 0.258 e. The molecule has 0 spiro atoms. The maximum absolute atomic E-state index is 12.9. The molecule has 3 aromatic rings. The fourth-order valence-corrected chi connectivity index (χ4v) is 2.40. The van der Waals surface area contributed by atoms with E-state index in [0.717, 1.165) is 5.56 Å². The van der Waals surface area contributed by atoms with E-state index < -0.39 is 5.82 Å². The normalized spacial score (nSPS) is 10.7. The summed E-state index contributed by atoms with van der Waals surface area (Å²) < 4.78 is 23.4. The molecular formula is C13H8ClFN2O2S. The summed E-state index contributed by atoms with van der Waals surface area (Å²) in [5.41, 5.74) is 0.869. The number of hydrogen-bond donors (Lipinski definition) is 0. The minimum atomic E-state index is -0.415. The van der Waals surface area contributed by atoms with Crippen LogP contribution in [0.2, 0.25) is 5.02 Å². The predicted molar refractivity (Wildman–Crippen MR) is 73.4 cm³/mol. The summed E-state index contributed by atoms with van der Waals surface area (Å²) in [7, 11) is 0. The van der Waals surface area contributed by atoms with Crippen LogP contribution in [0.4, 0.5) is 4.39 Å². The topological polar surface area (TPSA) is 48.2 Å². The van der Waals surface area contributed by atoms with E-state index in [1.807, 2.05) is 16.8 Å². The van der Waals surface area contributed by atoms with Gasteiger partial charge in [-0.2, -0.15) is 16.3 Å². The molecular weight excluding hydrogens is 303 g/mol. The van der Waals surface area contributed by atoms with Gasteiger partial charge in [0.1, 0.15) is 11.6 Å². The summed E-state index contributed by atoms with van der Waals surface area (Å²) in [6, 6.07) is 5.80. The number of benzene rings is 1. The second-order valence-electron chi connectivity index (χ2n) is 3.89. The monoisotopic (exact) mass is 310 g/mol. The lowest BCUT2D eigenvalue weighted by atomic mass is 10.3. The Kier molecular flexibility index (Phi) is 3.66. The highest BCUT2D eigenvalue weighted by molar-refractivity contribution is 7.08. The molecule has 0 bridgehead atoms. The van der Waals surface area contributed by atoms with E-state index in [1.165, 1.54) is 18.2 Å². The van der Waals surface area contributed by atoms with E-state index in [-0.39, 0.29) is 11.6 Å². The molecule has 0 unspecified atom stereocenters. The molecule has 2 heterocycles. The minimum Gasteiger partial charge on any atom is -0.484 e. The van der Waals surface area contributed by atoms with Crippen molar-refractivity contribution in [2.24, 2.45) is 0 Å². The van der Waals surface area contributed by atoms with E-state index in [4.69, 9.17) is 20.9 Å². The summed E-state index contributed by atoms with van der Waals surface area (Å²) in [6.45, 7) is 0.0962. The number of rotatable bonds is 4. The number of aromatic nitrogens is 2. The summed E-state index contributed by atoms with van der Waals surface area (Å²) in [5, 5.41) is 7.85. The van der Waals surface area contributed by atoms with Crippen molar-refractivity contribution in [3.8, 4) is 17.2 Å². The quantitative estimate of drug-likeness (QED) is 0.725. The Morgan fingerprint density at radius 3 is 3.00 bits per heavy atom. The Balaban J connectivity index is 1.70. The van der Waals surface area contributed by atoms with Crippen LogP contribution in [0.3, 0.4) is 0 Å². The van der Waals surface area contributed by atoms with Gasteiger partial charge in [0.05, 0.1) is 10.6 Å². The van der Waals surface area contributed by atoms with Crippen molar-refractivity contribution in [3.05, 3.63) is 51.7 Å². The van der Waals surface area contributed by atoms with Gasteiger partial charge in [0.2, 0.25) is 5.82 Å². The fraction of sp³-hybridized carbons (Fsp3) is 0.0769. The molecule has 0 aliphatic rings. The first-order valence-electron chi connectivity index (χ1n) is 5.65. The van der Waals surface area contributed by atoms with Crippen molar-refractivity contribution >= 4 is 22.9 Å². The minimum absolute atomic E-state index is 0.0962. The fourth-order valence-electron chi connectivity index (χ4n) is 1.55. The van der Waals surface area contributed by atoms with Gasteiger partial charge in [-0.05, 0) is 29.6 Å². The third kappa shape index (κ3) is 2.81. The Morgan fingerprint density at radius 2 is 2.25 bits per heavy atom. The lowest BCUT2D eigenvalue weighted by Gasteiger charge is -2.04. The molecule has 20 heavy (non-hydrogen) atoms. The molecule has 0 saturated heterocycles. The zero-order valence-corrected chi connectivity index (χ0v) is 11.6. The van der Waals surface area contributed by atoms with E-state index >= 15 is 0 Å². The molecule has 0 radical (unpaired) electrons. The predicted octanol–water partition coefficient (Wildman–Crippen LogP) is 4.17. The van der Waals surface area contributed by atoms with Crippen molar-refractivity contribution < 1.29 is 13.7 Å². The van der Waals surface area contributed by atoms with Gasteiger partial charge >= 0.3 is 0 Å². The van der Waals surface area contributed by atoms with Crippen LogP contribution in [0.15, 0.2) is 39.5 Å². The molecule has 0 aliphatic carbocycles. The average Bonchev–Trinajstić information content (AvgIpc) is 3.08. The van der Waals surface area contributed by atoms with Crippen LogP contribution in [-0.4, -0.2) is 10.1 Å². The lowest BCUT2D eigenvalue weighted by molar-refractivity contribution is 0.287. The van der Waals surface area contributed by atoms with Gasteiger partial charge in [-0.1, -0.05) is 16.8 Å². The summed E-state index contributed by atoms with van der Waals surface area (Å²) in [6.07, 6.45) is 0. The molecule has 4 nitrogen and oxygen atoms in total. The first kappa shape index (κ1) is 13.1. The third-order valence-corrected chi connectivity index (χ3v) is 3.47. The number of halogens is 2. The standard InChI is InChI=1S/C13H8ClFN2O2S/c14-10-5-9(15)1-2-11(10)18-6-12-16-13(19-17-12)8-3-4-20-7-8/h1-5,7H,6H2. The van der Waals surface area contributed by atoms with Gasteiger partial charge in [0.25, 0.3) is 5.89 Å². The van der Waals surface area contributed by atoms with Crippen molar-refractivity contribution in [1.29, 1.82) is 0 Å². The Bertz CT molecular complexity index is 715. The van der Waals surface area contributed by atoms with E-state index in [2.05, 4.69) is 10.1 Å². The van der Waals surface area contributed by atoms with Gasteiger partial charge in [-0.3, -0.25) is 0 Å². The summed E-state index contributed by atoms with van der Waals surface area (Å²) in [5.74, 6) is 0.790. The molecule has 0 amide bonds. The first-order chi connectivity index (χ1) is 9.72. The van der Waals surface area contributed by atoms with Crippen molar-refractivity contribution in [2.45, 2.75) is 6.61 Å². The Morgan fingerprint density at radius 1 is 1.35 bits per heavy atom. The summed E-state index contributed by atoms with van der Waals surface area (Å²) >= 11 is 7.40. The van der Waals surface area contributed by atoms with Crippen molar-refractivity contribution in [1.82, 2.24) is 10.1 Å². The van der Waals surface area contributed by atoms with Crippen molar-refractivity contribution in [3.63, 3.8) is 0 Å². The second kappa shape index (κ2) is 5.60. The number of thiophene rings is 1. The van der Waals surface area contributed by atoms with Gasteiger partial charge in [-0.25, -0.2) is 4.39 Å².